The standard InChI is InChI=1S/C10H12NO4/c1-11-7(9(12)14-2)5-4-6-8(11)10(13)15-3/h4-6H,1-3H3/q+1. The summed E-state index contributed by atoms with van der Waals surface area (Å²) in [6.07, 6.45) is 0. The molecule has 1 aromatic rings. The van der Waals surface area contributed by atoms with Crippen LogP contribution in [-0.2, 0) is 16.5 Å². The molecular formula is C10H12NO4+. The fourth-order valence-electron chi connectivity index (χ4n) is 1.20. The highest BCUT2D eigenvalue weighted by Gasteiger charge is 2.24. The summed E-state index contributed by atoms with van der Waals surface area (Å²) in [6.45, 7) is 0. The Hall–Kier alpha value is -1.91. The van der Waals surface area contributed by atoms with Crippen molar-refractivity contribution in [2.24, 2.45) is 7.05 Å². The highest BCUT2D eigenvalue weighted by Crippen LogP contribution is 1.99. The predicted octanol–water partition coefficient (Wildman–Crippen LogP) is 0.0843. The Balaban J connectivity index is 3.23. The SMILES string of the molecule is COC(=O)c1cccc(C(=O)OC)[n+]1C. The number of hydrogen-bond donors (Lipinski definition) is 0. The number of carbonyl (C=O) groups is 2. The fraction of sp³-hybridized carbons (Fsp3) is 0.300. The molecule has 0 saturated carbocycles. The average Bonchev–Trinajstić information content (AvgIpc) is 2.27. The lowest BCUT2D eigenvalue weighted by atomic mass is 10.3. The van der Waals surface area contributed by atoms with Crippen molar-refractivity contribution in [1.82, 2.24) is 0 Å². The zero-order chi connectivity index (χ0) is 11.4. The van der Waals surface area contributed by atoms with Gasteiger partial charge < -0.3 is 9.47 Å². The number of rotatable bonds is 2. The summed E-state index contributed by atoms with van der Waals surface area (Å²) in [5.41, 5.74) is 0.584. The molecule has 0 radical (unpaired) electrons. The Morgan fingerprint density at radius 3 is 1.80 bits per heavy atom. The van der Waals surface area contributed by atoms with E-state index >= 15 is 0 Å². The fourth-order valence-corrected chi connectivity index (χ4v) is 1.20. The maximum Gasteiger partial charge on any atom is 0.403 e. The summed E-state index contributed by atoms with van der Waals surface area (Å²) in [7, 11) is 4.17. The molecule has 1 aromatic heterocycles. The molecule has 5 heteroatoms. The van der Waals surface area contributed by atoms with Crippen molar-refractivity contribution in [3.8, 4) is 0 Å². The first kappa shape index (κ1) is 11.2. The van der Waals surface area contributed by atoms with Gasteiger partial charge in [0.25, 0.3) is 11.4 Å². The van der Waals surface area contributed by atoms with Crippen molar-refractivity contribution in [1.29, 1.82) is 0 Å². The summed E-state index contributed by atoms with van der Waals surface area (Å²) in [4.78, 5) is 22.6. The maximum absolute atomic E-state index is 11.3. The van der Waals surface area contributed by atoms with Crippen LogP contribution < -0.4 is 4.57 Å². The summed E-state index contributed by atoms with van der Waals surface area (Å²) in [6, 6.07) is 4.73. The molecule has 0 saturated heterocycles. The summed E-state index contributed by atoms with van der Waals surface area (Å²) in [5.74, 6) is -0.994. The molecule has 0 amide bonds. The molecule has 0 aliphatic rings. The zero-order valence-corrected chi connectivity index (χ0v) is 8.81. The summed E-state index contributed by atoms with van der Waals surface area (Å²) >= 11 is 0. The van der Waals surface area contributed by atoms with E-state index in [9.17, 15) is 9.59 Å². The van der Waals surface area contributed by atoms with Crippen molar-refractivity contribution in [3.63, 3.8) is 0 Å². The number of hydrogen-bond acceptors (Lipinski definition) is 4. The molecule has 0 aliphatic carbocycles. The van der Waals surface area contributed by atoms with Gasteiger partial charge in [0.1, 0.15) is 7.05 Å². The molecule has 0 aliphatic heterocycles. The third-order valence-corrected chi connectivity index (χ3v) is 2.02. The largest absolute Gasteiger partial charge is 0.461 e. The minimum absolute atomic E-state index is 0.292. The van der Waals surface area contributed by atoms with Crippen molar-refractivity contribution in [3.05, 3.63) is 29.6 Å². The molecule has 0 atom stereocenters. The van der Waals surface area contributed by atoms with Crippen molar-refractivity contribution < 1.29 is 23.6 Å². The Morgan fingerprint density at radius 2 is 1.47 bits per heavy atom. The molecule has 0 unspecified atom stereocenters. The van der Waals surface area contributed by atoms with E-state index in [4.69, 9.17) is 0 Å². The Bertz CT molecular complexity index is 366. The predicted molar refractivity (Wildman–Crippen MR) is 50.3 cm³/mol. The first-order chi connectivity index (χ1) is 7.11. The van der Waals surface area contributed by atoms with Crippen LogP contribution in [0.2, 0.25) is 0 Å². The van der Waals surface area contributed by atoms with Crippen LogP contribution >= 0.6 is 0 Å². The minimum Gasteiger partial charge on any atom is -0.461 e. The van der Waals surface area contributed by atoms with E-state index in [2.05, 4.69) is 9.47 Å². The molecular weight excluding hydrogens is 198 g/mol. The summed E-state index contributed by atoms with van der Waals surface area (Å²) in [5, 5.41) is 0. The van der Waals surface area contributed by atoms with E-state index in [0.29, 0.717) is 11.4 Å². The molecule has 0 bridgehead atoms. The second-order valence-corrected chi connectivity index (χ2v) is 2.84. The van der Waals surface area contributed by atoms with E-state index < -0.39 is 11.9 Å². The molecule has 1 heterocycles. The first-order valence-electron chi connectivity index (χ1n) is 4.27. The van der Waals surface area contributed by atoms with Crippen LogP contribution in [0, 0.1) is 0 Å². The lowest BCUT2D eigenvalue weighted by Crippen LogP contribution is -2.42. The quantitative estimate of drug-likeness (QED) is 0.512. The first-order valence-corrected chi connectivity index (χ1v) is 4.27. The van der Waals surface area contributed by atoms with Crippen LogP contribution in [0.15, 0.2) is 18.2 Å². The van der Waals surface area contributed by atoms with Crippen LogP contribution in [0.1, 0.15) is 21.0 Å². The minimum atomic E-state index is -0.497. The van der Waals surface area contributed by atoms with Gasteiger partial charge in [-0.25, -0.2) is 9.59 Å². The normalized spacial score (nSPS) is 9.53. The number of methoxy groups -OCH3 is 2. The van der Waals surface area contributed by atoms with Crippen molar-refractivity contribution in [2.45, 2.75) is 0 Å². The molecule has 15 heavy (non-hydrogen) atoms. The van der Waals surface area contributed by atoms with Crippen LogP contribution in [0.25, 0.3) is 0 Å². The zero-order valence-electron chi connectivity index (χ0n) is 8.81. The lowest BCUT2D eigenvalue weighted by molar-refractivity contribution is -0.676. The molecule has 5 nitrogen and oxygen atoms in total. The Labute approximate surface area is 87.2 Å². The van der Waals surface area contributed by atoms with E-state index in [1.165, 1.54) is 18.8 Å². The lowest BCUT2D eigenvalue weighted by Gasteiger charge is -2.01. The third kappa shape index (κ3) is 2.12. The topological polar surface area (TPSA) is 56.5 Å². The second-order valence-electron chi connectivity index (χ2n) is 2.84. The van der Waals surface area contributed by atoms with Gasteiger partial charge >= 0.3 is 11.9 Å². The number of carbonyl (C=O) groups excluding carboxylic acids is 2. The molecule has 0 N–H and O–H groups in total. The molecule has 0 fully saturated rings. The van der Waals surface area contributed by atoms with Crippen molar-refractivity contribution in [2.75, 3.05) is 14.2 Å². The molecule has 80 valence electrons. The Morgan fingerprint density at radius 1 is 1.07 bits per heavy atom. The monoisotopic (exact) mass is 210 g/mol. The van der Waals surface area contributed by atoms with Crippen LogP contribution in [0.4, 0.5) is 0 Å². The number of nitrogens with zero attached hydrogens (tertiary/aromatic N) is 1. The van der Waals surface area contributed by atoms with E-state index in [1.807, 2.05) is 0 Å². The van der Waals surface area contributed by atoms with Gasteiger partial charge in [-0.3, -0.25) is 0 Å². The molecule has 1 rings (SSSR count). The van der Waals surface area contributed by atoms with Crippen LogP contribution in [0.3, 0.4) is 0 Å². The van der Waals surface area contributed by atoms with Crippen LogP contribution in [0.5, 0.6) is 0 Å². The van der Waals surface area contributed by atoms with E-state index in [-0.39, 0.29) is 0 Å². The highest BCUT2D eigenvalue weighted by molar-refractivity contribution is 5.88. The van der Waals surface area contributed by atoms with Gasteiger partial charge in [-0.1, -0.05) is 0 Å². The smallest absolute Gasteiger partial charge is 0.403 e. The van der Waals surface area contributed by atoms with Gasteiger partial charge in [0.15, 0.2) is 0 Å². The number of pyridine rings is 1. The number of aromatic nitrogens is 1. The molecule has 0 spiro atoms. The third-order valence-electron chi connectivity index (χ3n) is 2.02. The van der Waals surface area contributed by atoms with Gasteiger partial charge in [0, 0.05) is 12.1 Å². The van der Waals surface area contributed by atoms with Crippen LogP contribution in [-0.4, -0.2) is 26.2 Å². The highest BCUT2D eigenvalue weighted by atomic mass is 16.5. The number of esters is 2. The maximum atomic E-state index is 11.3. The Kier molecular flexibility index (Phi) is 3.38. The van der Waals surface area contributed by atoms with Gasteiger partial charge in [-0.2, -0.15) is 4.57 Å². The van der Waals surface area contributed by atoms with Gasteiger partial charge in [0.05, 0.1) is 14.2 Å². The van der Waals surface area contributed by atoms with Gasteiger partial charge in [-0.15, -0.1) is 0 Å². The van der Waals surface area contributed by atoms with Crippen molar-refractivity contribution >= 4 is 11.9 Å². The van der Waals surface area contributed by atoms with Gasteiger partial charge in [-0.05, 0) is 6.07 Å². The second kappa shape index (κ2) is 4.54. The summed E-state index contributed by atoms with van der Waals surface area (Å²) < 4.78 is 10.6. The van der Waals surface area contributed by atoms with E-state index in [1.54, 1.807) is 25.2 Å². The average molecular weight is 210 g/mol. The number of ether oxygens (including phenoxy) is 2. The molecule has 0 aromatic carbocycles. The van der Waals surface area contributed by atoms with E-state index in [0.717, 1.165) is 0 Å². The van der Waals surface area contributed by atoms with Gasteiger partial charge in [0.2, 0.25) is 0 Å².